The zero-order valence-electron chi connectivity index (χ0n) is 20.5. The molecule has 1 aromatic heterocycles. The van der Waals surface area contributed by atoms with Crippen molar-refractivity contribution in [2.24, 2.45) is 0 Å². The average molecular weight is 488 g/mol. The molecule has 2 heterocycles. The number of carbonyl (C=O) groups is 1. The number of urea groups is 1. The predicted octanol–water partition coefficient (Wildman–Crippen LogP) is 4.48. The van der Waals surface area contributed by atoms with Crippen molar-refractivity contribution < 1.29 is 18.8 Å². The third kappa shape index (κ3) is 4.90. The van der Waals surface area contributed by atoms with Crippen molar-refractivity contribution in [2.75, 3.05) is 26.3 Å². The summed E-state index contributed by atoms with van der Waals surface area (Å²) in [6.07, 6.45) is 2.67. The Kier molecular flexibility index (Phi) is 6.87. The number of carbonyl (C=O) groups excluding carboxylic acids is 1. The molecule has 9 heteroatoms. The Hall–Kier alpha value is -3.90. The maximum Gasteiger partial charge on any atom is 0.318 e. The third-order valence-electron chi connectivity index (χ3n) is 6.48. The quantitative estimate of drug-likeness (QED) is 0.564. The van der Waals surface area contributed by atoms with Crippen molar-refractivity contribution in [3.8, 4) is 34.7 Å². The Morgan fingerprint density at radius 2 is 2.08 bits per heavy atom. The molecule has 1 atom stereocenters. The summed E-state index contributed by atoms with van der Waals surface area (Å²) in [6.45, 7) is 6.19. The van der Waals surface area contributed by atoms with Crippen molar-refractivity contribution in [1.82, 2.24) is 20.4 Å². The molecule has 0 radical (unpaired) electrons. The van der Waals surface area contributed by atoms with Crippen LogP contribution in [0.1, 0.15) is 49.4 Å². The van der Waals surface area contributed by atoms with E-state index in [9.17, 15) is 10.1 Å². The number of benzene rings is 2. The molecule has 1 N–H and O–H groups in total. The van der Waals surface area contributed by atoms with E-state index in [1.807, 2.05) is 32.0 Å². The topological polar surface area (TPSA) is 114 Å². The molecule has 9 nitrogen and oxygen atoms in total. The van der Waals surface area contributed by atoms with Crippen LogP contribution in [0.2, 0.25) is 0 Å². The van der Waals surface area contributed by atoms with Gasteiger partial charge in [-0.05, 0) is 62.4 Å². The lowest BCUT2D eigenvalue weighted by molar-refractivity contribution is 0.0523. The summed E-state index contributed by atoms with van der Waals surface area (Å²) < 4.78 is 16.7. The summed E-state index contributed by atoms with van der Waals surface area (Å²) in [4.78, 5) is 19.3. The normalized spacial score (nSPS) is 17.4. The Morgan fingerprint density at radius 3 is 2.86 bits per heavy atom. The number of ether oxygens (including phenoxy) is 2. The summed E-state index contributed by atoms with van der Waals surface area (Å²) in [5.74, 6) is 1.35. The SMILES string of the molecule is CC(C)Oc1ccc(-c2nc(-c3cccc4c3CCCC4NC(=O)N3CCOCC3)no2)cc1C#N. The highest BCUT2D eigenvalue weighted by Gasteiger charge is 2.27. The van der Waals surface area contributed by atoms with Gasteiger partial charge in [-0.25, -0.2) is 4.79 Å². The molecule has 186 valence electrons. The monoisotopic (exact) mass is 487 g/mol. The summed E-state index contributed by atoms with van der Waals surface area (Å²) in [5, 5.41) is 17.0. The van der Waals surface area contributed by atoms with E-state index in [4.69, 9.17) is 14.0 Å². The second-order valence-electron chi connectivity index (χ2n) is 9.28. The maximum atomic E-state index is 12.8. The maximum absolute atomic E-state index is 12.8. The van der Waals surface area contributed by atoms with Gasteiger partial charge in [0.25, 0.3) is 5.89 Å². The number of hydrogen-bond donors (Lipinski definition) is 1. The van der Waals surface area contributed by atoms with Gasteiger partial charge < -0.3 is 24.2 Å². The molecule has 36 heavy (non-hydrogen) atoms. The van der Waals surface area contributed by atoms with Crippen molar-refractivity contribution in [3.05, 3.63) is 53.1 Å². The number of nitrogens with zero attached hydrogens (tertiary/aromatic N) is 4. The van der Waals surface area contributed by atoms with Gasteiger partial charge in [-0.1, -0.05) is 23.4 Å². The molecule has 2 aliphatic rings. The molecule has 0 bridgehead atoms. The number of amides is 2. The molecule has 2 amide bonds. The Morgan fingerprint density at radius 1 is 1.25 bits per heavy atom. The van der Waals surface area contributed by atoms with E-state index in [0.717, 1.165) is 36.0 Å². The number of aromatic nitrogens is 2. The lowest BCUT2D eigenvalue weighted by Crippen LogP contribution is -2.47. The second kappa shape index (κ2) is 10.4. The van der Waals surface area contributed by atoms with Gasteiger partial charge in [0.15, 0.2) is 0 Å². The van der Waals surface area contributed by atoms with E-state index in [2.05, 4.69) is 27.6 Å². The van der Waals surface area contributed by atoms with Gasteiger partial charge in [-0.2, -0.15) is 10.2 Å². The molecular weight excluding hydrogens is 458 g/mol. The van der Waals surface area contributed by atoms with Crippen molar-refractivity contribution in [2.45, 2.75) is 45.3 Å². The standard InChI is InChI=1S/C27H29N5O4/c1-17(2)35-24-10-9-18(15-19(24)16-28)26-30-25(31-36-26)22-7-3-6-21-20(22)5-4-8-23(21)29-27(33)32-11-13-34-14-12-32/h3,6-7,9-10,15,17,23H,4-5,8,11-14H2,1-2H3,(H,29,33). The van der Waals surface area contributed by atoms with Crippen LogP contribution in [-0.4, -0.2) is 53.5 Å². The Bertz CT molecular complexity index is 1290. The molecule has 1 unspecified atom stereocenters. The molecule has 1 aliphatic carbocycles. The van der Waals surface area contributed by atoms with E-state index in [1.54, 1.807) is 17.0 Å². The molecule has 1 fully saturated rings. The first-order chi connectivity index (χ1) is 17.5. The van der Waals surface area contributed by atoms with E-state index in [1.165, 1.54) is 0 Å². The number of nitrogens with one attached hydrogen (secondary N) is 1. The lowest BCUT2D eigenvalue weighted by Gasteiger charge is -2.32. The number of morpholine rings is 1. The highest BCUT2D eigenvalue weighted by Crippen LogP contribution is 2.36. The van der Waals surface area contributed by atoms with Gasteiger partial charge in [0.05, 0.1) is 30.9 Å². The van der Waals surface area contributed by atoms with E-state index in [0.29, 0.717) is 54.9 Å². The van der Waals surface area contributed by atoms with Gasteiger partial charge in [-0.15, -0.1) is 0 Å². The van der Waals surface area contributed by atoms with Crippen LogP contribution >= 0.6 is 0 Å². The number of nitriles is 1. The van der Waals surface area contributed by atoms with Crippen LogP contribution in [0.4, 0.5) is 4.79 Å². The van der Waals surface area contributed by atoms with Crippen LogP contribution < -0.4 is 10.1 Å². The van der Waals surface area contributed by atoms with Crippen LogP contribution in [0, 0.1) is 11.3 Å². The summed E-state index contributed by atoms with van der Waals surface area (Å²) in [7, 11) is 0. The van der Waals surface area contributed by atoms with Crippen LogP contribution in [0.3, 0.4) is 0 Å². The Labute approximate surface area is 210 Å². The van der Waals surface area contributed by atoms with Gasteiger partial charge in [0.1, 0.15) is 11.8 Å². The first-order valence-corrected chi connectivity index (χ1v) is 12.3. The smallest absolute Gasteiger partial charge is 0.318 e. The van der Waals surface area contributed by atoms with Crippen LogP contribution in [0.25, 0.3) is 22.8 Å². The molecular formula is C27H29N5O4. The summed E-state index contributed by atoms with van der Waals surface area (Å²) in [6, 6.07) is 13.3. The highest BCUT2D eigenvalue weighted by atomic mass is 16.5. The minimum atomic E-state index is -0.0675. The van der Waals surface area contributed by atoms with Crippen LogP contribution in [0.15, 0.2) is 40.9 Å². The third-order valence-corrected chi connectivity index (χ3v) is 6.48. The summed E-state index contributed by atoms with van der Waals surface area (Å²) in [5.41, 5.74) is 4.18. The lowest BCUT2D eigenvalue weighted by atomic mass is 9.84. The fraction of sp³-hybridized carbons (Fsp3) is 0.407. The van der Waals surface area contributed by atoms with E-state index < -0.39 is 0 Å². The molecule has 2 aromatic carbocycles. The largest absolute Gasteiger partial charge is 0.490 e. The molecule has 0 saturated carbocycles. The van der Waals surface area contributed by atoms with Gasteiger partial charge in [0, 0.05) is 24.2 Å². The number of hydrogen-bond acceptors (Lipinski definition) is 7. The molecule has 3 aromatic rings. The minimum Gasteiger partial charge on any atom is -0.490 e. The zero-order valence-corrected chi connectivity index (χ0v) is 20.5. The van der Waals surface area contributed by atoms with Gasteiger partial charge in [0.2, 0.25) is 5.82 Å². The first-order valence-electron chi connectivity index (χ1n) is 12.3. The van der Waals surface area contributed by atoms with E-state index in [-0.39, 0.29) is 18.2 Å². The average Bonchev–Trinajstić information content (AvgIpc) is 3.39. The summed E-state index contributed by atoms with van der Waals surface area (Å²) >= 11 is 0. The van der Waals surface area contributed by atoms with Crippen LogP contribution in [-0.2, 0) is 11.2 Å². The first kappa shape index (κ1) is 23.8. The molecule has 1 aliphatic heterocycles. The minimum absolute atomic E-state index is 0.0373. The number of rotatable bonds is 5. The highest BCUT2D eigenvalue weighted by molar-refractivity contribution is 5.75. The van der Waals surface area contributed by atoms with Crippen molar-refractivity contribution in [1.29, 1.82) is 5.26 Å². The van der Waals surface area contributed by atoms with Gasteiger partial charge >= 0.3 is 6.03 Å². The second-order valence-corrected chi connectivity index (χ2v) is 9.28. The number of fused-ring (bicyclic) bond motifs is 1. The fourth-order valence-electron chi connectivity index (χ4n) is 4.77. The molecule has 0 spiro atoms. The zero-order chi connectivity index (χ0) is 25.1. The molecule has 5 rings (SSSR count). The Balaban J connectivity index is 1.40. The van der Waals surface area contributed by atoms with Crippen molar-refractivity contribution >= 4 is 6.03 Å². The fourth-order valence-corrected chi connectivity index (χ4v) is 4.77. The van der Waals surface area contributed by atoms with Crippen LogP contribution in [0.5, 0.6) is 5.75 Å². The predicted molar refractivity (Wildman–Crippen MR) is 132 cm³/mol. The van der Waals surface area contributed by atoms with E-state index >= 15 is 0 Å². The van der Waals surface area contributed by atoms with Crippen molar-refractivity contribution in [3.63, 3.8) is 0 Å². The molecule has 1 saturated heterocycles. The van der Waals surface area contributed by atoms with Gasteiger partial charge in [-0.3, -0.25) is 0 Å².